The average Bonchev–Trinajstić information content (AvgIpc) is 3.33. The van der Waals surface area contributed by atoms with E-state index in [0.717, 1.165) is 27.9 Å². The van der Waals surface area contributed by atoms with Gasteiger partial charge in [0.15, 0.2) is 0 Å². The highest BCUT2D eigenvalue weighted by atomic mass is 32.2. The van der Waals surface area contributed by atoms with E-state index in [9.17, 15) is 13.2 Å². The Kier molecular flexibility index (Phi) is 8.77. The average molecular weight is 631 g/mol. The van der Waals surface area contributed by atoms with Crippen molar-refractivity contribution in [3.05, 3.63) is 82.7 Å². The zero-order valence-electron chi connectivity index (χ0n) is 27.2. The van der Waals surface area contributed by atoms with Gasteiger partial charge in [0.05, 0.1) is 22.3 Å². The first kappa shape index (κ1) is 32.2. The summed E-state index contributed by atoms with van der Waals surface area (Å²) in [4.78, 5) is 25.2. The van der Waals surface area contributed by atoms with E-state index in [-0.39, 0.29) is 58.7 Å². The van der Waals surface area contributed by atoms with E-state index >= 15 is 0 Å². The predicted molar refractivity (Wildman–Crippen MR) is 175 cm³/mol. The lowest BCUT2D eigenvalue weighted by atomic mass is 9.89. The summed E-state index contributed by atoms with van der Waals surface area (Å²) in [5.41, 5.74) is 5.20. The first-order valence-corrected chi connectivity index (χ1v) is 16.7. The van der Waals surface area contributed by atoms with Crippen LogP contribution in [0.2, 0.25) is 0 Å². The van der Waals surface area contributed by atoms with Crippen molar-refractivity contribution in [2.45, 2.75) is 77.8 Å². The molecule has 0 aliphatic carbocycles. The number of nitrogens with zero attached hydrogens (tertiary/aromatic N) is 5. The maximum absolute atomic E-state index is 14.4. The molecule has 0 spiro atoms. The molecule has 1 aliphatic rings. The van der Waals surface area contributed by atoms with Crippen LogP contribution in [-0.4, -0.2) is 51.6 Å². The van der Waals surface area contributed by atoms with Crippen LogP contribution >= 0.6 is 0 Å². The maximum Gasteiger partial charge on any atom is 0.264 e. The smallest absolute Gasteiger partial charge is 0.264 e. The first-order valence-electron chi connectivity index (χ1n) is 15.2. The van der Waals surface area contributed by atoms with E-state index in [1.807, 2.05) is 45.3 Å². The number of anilines is 1. The molecule has 3 heterocycles. The van der Waals surface area contributed by atoms with Crippen LogP contribution in [0, 0.1) is 19.8 Å². The Labute approximate surface area is 265 Å². The lowest BCUT2D eigenvalue weighted by Gasteiger charge is -2.33. The molecule has 5 rings (SSSR count). The normalized spacial score (nSPS) is 16.8. The summed E-state index contributed by atoms with van der Waals surface area (Å²) >= 11 is 0. The van der Waals surface area contributed by atoms with Crippen LogP contribution < -0.4 is 9.46 Å². The first-order chi connectivity index (χ1) is 21.1. The Morgan fingerprint density at radius 2 is 1.73 bits per heavy atom. The second kappa shape index (κ2) is 12.3. The van der Waals surface area contributed by atoms with Crippen LogP contribution in [0.4, 0.5) is 5.95 Å². The van der Waals surface area contributed by atoms with Crippen molar-refractivity contribution in [2.75, 3.05) is 11.3 Å². The molecule has 45 heavy (non-hydrogen) atoms. The third-order valence-corrected chi connectivity index (χ3v) is 9.21. The summed E-state index contributed by atoms with van der Waals surface area (Å²) in [7, 11) is -2.28. The Hall–Kier alpha value is -4.25. The number of aryl methyl sites for hydroxylation is 3. The molecule has 1 N–H and O–H groups in total. The van der Waals surface area contributed by atoms with Gasteiger partial charge in [-0.1, -0.05) is 58.9 Å². The fourth-order valence-electron chi connectivity index (χ4n) is 5.88. The van der Waals surface area contributed by atoms with E-state index in [1.165, 1.54) is 12.1 Å². The number of nitrogens with one attached hydrogen (secondary N) is 1. The van der Waals surface area contributed by atoms with Crippen molar-refractivity contribution in [1.29, 1.82) is 0 Å². The quantitative estimate of drug-likeness (QED) is 0.286. The number of carbonyl (C=O) groups is 1. The molecule has 0 saturated heterocycles. The minimum Gasteiger partial charge on any atom is -0.475 e. The topological polar surface area (TPSA) is 119 Å². The van der Waals surface area contributed by atoms with Crippen molar-refractivity contribution in [1.82, 2.24) is 24.6 Å². The number of hydrogen-bond acceptors (Lipinski definition) is 7. The molecule has 0 fully saturated rings. The van der Waals surface area contributed by atoms with Gasteiger partial charge < -0.3 is 9.64 Å². The second-order valence-corrected chi connectivity index (χ2v) is 15.0. The van der Waals surface area contributed by atoms with Crippen LogP contribution in [0.5, 0.6) is 5.88 Å². The van der Waals surface area contributed by atoms with Crippen molar-refractivity contribution in [3.8, 4) is 17.1 Å². The number of rotatable bonds is 5. The highest BCUT2D eigenvalue weighted by molar-refractivity contribution is 7.92. The molecule has 11 heteroatoms. The van der Waals surface area contributed by atoms with Crippen LogP contribution in [0.3, 0.4) is 0 Å². The molecular weight excluding hydrogens is 588 g/mol. The largest absolute Gasteiger partial charge is 0.475 e. The Morgan fingerprint density at radius 3 is 2.40 bits per heavy atom. The van der Waals surface area contributed by atoms with E-state index in [0.29, 0.717) is 12.1 Å². The van der Waals surface area contributed by atoms with Gasteiger partial charge in [-0.25, -0.2) is 18.1 Å². The summed E-state index contributed by atoms with van der Waals surface area (Å²) < 4.78 is 37.9. The third kappa shape index (κ3) is 7.03. The number of aromatic nitrogens is 4. The monoisotopic (exact) mass is 630 g/mol. The van der Waals surface area contributed by atoms with Gasteiger partial charge in [0.1, 0.15) is 6.61 Å². The molecule has 4 bridgehead atoms. The van der Waals surface area contributed by atoms with Crippen molar-refractivity contribution in [3.63, 3.8) is 0 Å². The maximum atomic E-state index is 14.4. The lowest BCUT2D eigenvalue weighted by molar-refractivity contribution is 0.0551. The lowest BCUT2D eigenvalue weighted by Crippen LogP contribution is -2.44. The van der Waals surface area contributed by atoms with Gasteiger partial charge in [-0.3, -0.25) is 9.48 Å². The zero-order chi connectivity index (χ0) is 32.7. The molecule has 0 unspecified atom stereocenters. The summed E-state index contributed by atoms with van der Waals surface area (Å²) in [6.45, 7) is 14.9. The zero-order valence-corrected chi connectivity index (χ0v) is 28.1. The van der Waals surface area contributed by atoms with E-state index in [4.69, 9.17) is 9.84 Å². The fraction of sp³-hybridized carbons (Fsp3) is 0.412. The van der Waals surface area contributed by atoms with Crippen molar-refractivity contribution >= 4 is 21.9 Å². The summed E-state index contributed by atoms with van der Waals surface area (Å²) in [6, 6.07) is 13.4. The number of hydrogen-bond donors (Lipinski definition) is 1. The summed E-state index contributed by atoms with van der Waals surface area (Å²) in [5.74, 6) is 0.0474. The van der Waals surface area contributed by atoms with Crippen molar-refractivity contribution < 1.29 is 17.9 Å². The van der Waals surface area contributed by atoms with Crippen molar-refractivity contribution in [2.24, 2.45) is 13.0 Å². The highest BCUT2D eigenvalue weighted by Gasteiger charge is 2.32. The fourth-order valence-corrected chi connectivity index (χ4v) is 6.87. The number of benzene rings is 2. The molecule has 1 atom stereocenters. The second-order valence-electron chi connectivity index (χ2n) is 13.3. The van der Waals surface area contributed by atoms with Gasteiger partial charge in [0.2, 0.25) is 11.8 Å². The Bertz CT molecular complexity index is 1820. The third-order valence-electron chi connectivity index (χ3n) is 7.88. The number of sulfonamides is 1. The van der Waals surface area contributed by atoms with Crippen LogP contribution in [0.1, 0.15) is 73.8 Å². The molecule has 4 aromatic rings. The summed E-state index contributed by atoms with van der Waals surface area (Å²) in [6.07, 6.45) is 2.59. The van der Waals surface area contributed by atoms with Gasteiger partial charge in [0.25, 0.3) is 15.9 Å². The van der Waals surface area contributed by atoms with Crippen LogP contribution in [0.15, 0.2) is 59.6 Å². The summed E-state index contributed by atoms with van der Waals surface area (Å²) in [5, 5.41) is 4.73. The molecule has 2 aromatic carbocycles. The molecule has 2 aromatic heterocycles. The standard InChI is InChI=1S/C34H42N6O4S/c1-21(2)15-26-20-44-29-17-28(30-22(3)11-9-12-23(30)4)35-33(36-29)38-45(42,43)27-14-10-13-24(16-27)32(41)40(26)19-25-18-39(8)37-31(25)34(5,6)7/h9-14,16-18,21,26H,15,19-20H2,1-8H3,(H,35,36,38)/t26-/m1/s1. The van der Waals surface area contributed by atoms with E-state index in [2.05, 4.69) is 49.3 Å². The number of fused-ring (bicyclic) bond motifs is 4. The molecule has 0 radical (unpaired) electrons. The van der Waals surface area contributed by atoms with Crippen LogP contribution in [0.25, 0.3) is 11.3 Å². The number of carbonyl (C=O) groups excluding carboxylic acids is 1. The Morgan fingerprint density at radius 1 is 1.04 bits per heavy atom. The molecule has 10 nitrogen and oxygen atoms in total. The predicted octanol–water partition coefficient (Wildman–Crippen LogP) is 6.04. The van der Waals surface area contributed by atoms with Gasteiger partial charge in [0, 0.05) is 48.0 Å². The number of amides is 1. The van der Waals surface area contributed by atoms with Crippen LogP contribution in [-0.2, 0) is 29.0 Å². The molecule has 238 valence electrons. The van der Waals surface area contributed by atoms with Gasteiger partial charge >= 0.3 is 0 Å². The minimum absolute atomic E-state index is 0.0618. The Balaban J connectivity index is 1.68. The van der Waals surface area contributed by atoms with Gasteiger partial charge in [-0.05, 0) is 55.5 Å². The minimum atomic E-state index is -4.15. The van der Waals surface area contributed by atoms with E-state index < -0.39 is 10.0 Å². The SMILES string of the molecule is Cc1cccc(C)c1-c1cc2nc(n1)NS(=O)(=O)c1cccc(c1)C(=O)N(Cc1cn(C)nc1C(C)(C)C)[C@H](CC(C)C)CO2. The molecular formula is C34H42N6O4S. The molecule has 0 saturated carbocycles. The molecule has 1 amide bonds. The number of ether oxygens (including phenoxy) is 1. The van der Waals surface area contributed by atoms with E-state index in [1.54, 1.807) is 27.8 Å². The van der Waals surface area contributed by atoms with Gasteiger partial charge in [-0.15, -0.1) is 0 Å². The van der Waals surface area contributed by atoms with Gasteiger partial charge in [-0.2, -0.15) is 10.1 Å². The highest BCUT2D eigenvalue weighted by Crippen LogP contribution is 2.31. The molecule has 1 aliphatic heterocycles.